The van der Waals surface area contributed by atoms with Gasteiger partial charge in [0.05, 0.1) is 0 Å². The second kappa shape index (κ2) is 7.38. The van der Waals surface area contributed by atoms with Crippen molar-refractivity contribution in [3.63, 3.8) is 0 Å². The van der Waals surface area contributed by atoms with Crippen molar-refractivity contribution in [2.24, 2.45) is 11.3 Å². The van der Waals surface area contributed by atoms with Crippen LogP contribution in [-0.4, -0.2) is 54.9 Å². The van der Waals surface area contributed by atoms with Gasteiger partial charge in [-0.3, -0.25) is 9.69 Å². The minimum absolute atomic E-state index is 0.248. The Morgan fingerprint density at radius 1 is 1.05 bits per heavy atom. The second-order valence-electron chi connectivity index (χ2n) is 7.55. The second-order valence-corrected chi connectivity index (χ2v) is 7.55. The summed E-state index contributed by atoms with van der Waals surface area (Å²) >= 11 is 0. The number of benzene rings is 1. The average molecular weight is 302 g/mol. The molecule has 0 spiro atoms. The SMILES string of the molecule is CC(C)CN1CCN(CC(C)(C)C(=O)c2ccccc2)CC1. The highest BCUT2D eigenvalue weighted by Gasteiger charge is 2.32. The van der Waals surface area contributed by atoms with Crippen molar-refractivity contribution in [1.29, 1.82) is 0 Å². The molecule has 0 atom stereocenters. The van der Waals surface area contributed by atoms with E-state index in [0.29, 0.717) is 0 Å². The fourth-order valence-electron chi connectivity index (χ4n) is 3.26. The van der Waals surface area contributed by atoms with Crippen LogP contribution in [0.15, 0.2) is 30.3 Å². The van der Waals surface area contributed by atoms with E-state index in [1.54, 1.807) is 0 Å². The summed E-state index contributed by atoms with van der Waals surface area (Å²) < 4.78 is 0. The molecular weight excluding hydrogens is 272 g/mol. The highest BCUT2D eigenvalue weighted by atomic mass is 16.1. The molecule has 22 heavy (non-hydrogen) atoms. The van der Waals surface area contributed by atoms with E-state index < -0.39 is 0 Å². The molecule has 0 amide bonds. The maximum Gasteiger partial charge on any atom is 0.169 e. The number of hydrogen-bond acceptors (Lipinski definition) is 3. The zero-order valence-electron chi connectivity index (χ0n) is 14.5. The van der Waals surface area contributed by atoms with Gasteiger partial charge in [0.25, 0.3) is 0 Å². The van der Waals surface area contributed by atoms with Gasteiger partial charge < -0.3 is 4.90 Å². The highest BCUT2D eigenvalue weighted by molar-refractivity contribution is 6.00. The summed E-state index contributed by atoms with van der Waals surface area (Å²) in [6, 6.07) is 9.68. The molecule has 1 aliphatic heterocycles. The minimum Gasteiger partial charge on any atom is -0.301 e. The van der Waals surface area contributed by atoms with Crippen molar-refractivity contribution in [3.8, 4) is 0 Å². The van der Waals surface area contributed by atoms with Gasteiger partial charge in [-0.2, -0.15) is 0 Å². The van der Waals surface area contributed by atoms with Gasteiger partial charge in [0.1, 0.15) is 0 Å². The molecule has 3 nitrogen and oxygen atoms in total. The van der Waals surface area contributed by atoms with Gasteiger partial charge in [-0.15, -0.1) is 0 Å². The molecule has 0 saturated carbocycles. The van der Waals surface area contributed by atoms with Crippen LogP contribution in [-0.2, 0) is 0 Å². The van der Waals surface area contributed by atoms with Crippen LogP contribution in [0.1, 0.15) is 38.1 Å². The van der Waals surface area contributed by atoms with Crippen molar-refractivity contribution in [2.45, 2.75) is 27.7 Å². The predicted octanol–water partition coefficient (Wildman–Crippen LogP) is 3.17. The van der Waals surface area contributed by atoms with E-state index in [2.05, 4.69) is 37.5 Å². The first-order chi connectivity index (χ1) is 10.4. The summed E-state index contributed by atoms with van der Waals surface area (Å²) in [5.41, 5.74) is 0.493. The summed E-state index contributed by atoms with van der Waals surface area (Å²) in [5.74, 6) is 0.973. The number of carbonyl (C=O) groups is 1. The fraction of sp³-hybridized carbons (Fsp3) is 0.632. The van der Waals surface area contributed by atoms with Crippen molar-refractivity contribution in [2.75, 3.05) is 39.3 Å². The van der Waals surface area contributed by atoms with E-state index in [0.717, 1.165) is 44.2 Å². The highest BCUT2D eigenvalue weighted by Crippen LogP contribution is 2.24. The maximum atomic E-state index is 12.7. The van der Waals surface area contributed by atoms with Crippen LogP contribution in [0.2, 0.25) is 0 Å². The molecule has 0 unspecified atom stereocenters. The predicted molar refractivity (Wildman–Crippen MR) is 92.3 cm³/mol. The number of Topliss-reactive ketones (excluding diaryl/α,β-unsaturated/α-hetero) is 1. The van der Waals surface area contributed by atoms with Crippen LogP contribution in [0, 0.1) is 11.3 Å². The first kappa shape index (κ1) is 17.2. The van der Waals surface area contributed by atoms with Gasteiger partial charge >= 0.3 is 0 Å². The van der Waals surface area contributed by atoms with Crippen LogP contribution in [0.4, 0.5) is 0 Å². The molecule has 0 N–H and O–H groups in total. The van der Waals surface area contributed by atoms with E-state index in [1.807, 2.05) is 30.3 Å². The first-order valence-corrected chi connectivity index (χ1v) is 8.43. The Morgan fingerprint density at radius 2 is 1.59 bits per heavy atom. The Morgan fingerprint density at radius 3 is 2.14 bits per heavy atom. The summed E-state index contributed by atoms with van der Waals surface area (Å²) in [7, 11) is 0. The zero-order valence-corrected chi connectivity index (χ0v) is 14.5. The average Bonchev–Trinajstić information content (AvgIpc) is 2.48. The summed E-state index contributed by atoms with van der Waals surface area (Å²) in [5, 5.41) is 0. The van der Waals surface area contributed by atoms with Crippen molar-refractivity contribution in [1.82, 2.24) is 9.80 Å². The van der Waals surface area contributed by atoms with Crippen LogP contribution in [0.5, 0.6) is 0 Å². The quantitative estimate of drug-likeness (QED) is 0.754. The van der Waals surface area contributed by atoms with Crippen molar-refractivity contribution in [3.05, 3.63) is 35.9 Å². The third-order valence-corrected chi connectivity index (χ3v) is 4.36. The van der Waals surface area contributed by atoms with Gasteiger partial charge in [0.15, 0.2) is 5.78 Å². The molecular formula is C19H30N2O. The van der Waals surface area contributed by atoms with Crippen LogP contribution >= 0.6 is 0 Å². The number of rotatable bonds is 6. The van der Waals surface area contributed by atoms with E-state index in [1.165, 1.54) is 6.54 Å². The topological polar surface area (TPSA) is 23.6 Å². The summed E-state index contributed by atoms with van der Waals surface area (Å²) in [6.45, 7) is 15.1. The smallest absolute Gasteiger partial charge is 0.169 e. The van der Waals surface area contributed by atoms with Gasteiger partial charge in [0, 0.05) is 50.2 Å². The van der Waals surface area contributed by atoms with E-state index in [9.17, 15) is 4.79 Å². The monoisotopic (exact) mass is 302 g/mol. The van der Waals surface area contributed by atoms with Crippen molar-refractivity contribution >= 4 is 5.78 Å². The normalized spacial score (nSPS) is 17.9. The van der Waals surface area contributed by atoms with Crippen LogP contribution in [0.25, 0.3) is 0 Å². The van der Waals surface area contributed by atoms with Crippen LogP contribution in [0.3, 0.4) is 0 Å². The molecule has 1 aromatic rings. The zero-order chi connectivity index (χ0) is 16.2. The molecule has 0 radical (unpaired) electrons. The van der Waals surface area contributed by atoms with Crippen LogP contribution < -0.4 is 0 Å². The molecule has 0 aromatic heterocycles. The van der Waals surface area contributed by atoms with Gasteiger partial charge in [0.2, 0.25) is 0 Å². The molecule has 2 rings (SSSR count). The van der Waals surface area contributed by atoms with Gasteiger partial charge in [-0.05, 0) is 5.92 Å². The lowest BCUT2D eigenvalue weighted by molar-refractivity contribution is 0.0653. The number of nitrogens with zero attached hydrogens (tertiary/aromatic N) is 2. The fourth-order valence-corrected chi connectivity index (χ4v) is 3.26. The lowest BCUT2D eigenvalue weighted by Crippen LogP contribution is -2.50. The Kier molecular flexibility index (Phi) is 5.76. The maximum absolute atomic E-state index is 12.7. The van der Waals surface area contributed by atoms with Gasteiger partial charge in [-0.25, -0.2) is 0 Å². The minimum atomic E-state index is -0.332. The third kappa shape index (κ3) is 4.65. The Labute approximate surface area is 135 Å². The summed E-state index contributed by atoms with van der Waals surface area (Å²) in [6.07, 6.45) is 0. The molecule has 3 heteroatoms. The van der Waals surface area contributed by atoms with E-state index >= 15 is 0 Å². The Hall–Kier alpha value is -1.19. The first-order valence-electron chi connectivity index (χ1n) is 8.43. The number of carbonyl (C=O) groups excluding carboxylic acids is 1. The number of piperazine rings is 1. The third-order valence-electron chi connectivity index (χ3n) is 4.36. The summed E-state index contributed by atoms with van der Waals surface area (Å²) in [4.78, 5) is 17.7. The molecule has 122 valence electrons. The molecule has 1 aliphatic rings. The Balaban J connectivity index is 1.89. The molecule has 1 heterocycles. The molecule has 1 fully saturated rings. The van der Waals surface area contributed by atoms with E-state index in [-0.39, 0.29) is 11.2 Å². The lowest BCUT2D eigenvalue weighted by atomic mass is 9.83. The molecule has 1 aromatic carbocycles. The lowest BCUT2D eigenvalue weighted by Gasteiger charge is -2.39. The standard InChI is InChI=1S/C19H30N2O/c1-16(2)14-20-10-12-21(13-11-20)15-19(3,4)18(22)17-8-6-5-7-9-17/h5-9,16H,10-15H2,1-4H3. The number of ketones is 1. The molecule has 0 bridgehead atoms. The number of hydrogen-bond donors (Lipinski definition) is 0. The van der Waals surface area contributed by atoms with Gasteiger partial charge in [-0.1, -0.05) is 58.0 Å². The molecule has 0 aliphatic carbocycles. The molecule has 1 saturated heterocycles. The Bertz CT molecular complexity index is 473. The van der Waals surface area contributed by atoms with Crippen molar-refractivity contribution < 1.29 is 4.79 Å². The largest absolute Gasteiger partial charge is 0.301 e. The van der Waals surface area contributed by atoms with E-state index in [4.69, 9.17) is 0 Å².